The summed E-state index contributed by atoms with van der Waals surface area (Å²) in [4.78, 5) is 21.8. The zero-order valence-corrected chi connectivity index (χ0v) is 8.45. The van der Waals surface area contributed by atoms with Crippen LogP contribution in [-0.4, -0.2) is 16.9 Å². The number of halogens is 1. The van der Waals surface area contributed by atoms with Crippen LogP contribution in [-0.2, 0) is 15.3 Å². The van der Waals surface area contributed by atoms with Crippen LogP contribution in [0.5, 0.6) is 0 Å². The van der Waals surface area contributed by atoms with Crippen molar-refractivity contribution >= 4 is 11.8 Å². The fourth-order valence-electron chi connectivity index (χ4n) is 1.26. The van der Waals surface area contributed by atoms with Gasteiger partial charge in [-0.2, -0.15) is 0 Å². The van der Waals surface area contributed by atoms with Crippen molar-refractivity contribution in [2.24, 2.45) is 0 Å². The van der Waals surface area contributed by atoms with E-state index in [-0.39, 0.29) is 5.56 Å². The van der Waals surface area contributed by atoms with Crippen LogP contribution in [0.4, 0.5) is 4.39 Å². The van der Waals surface area contributed by atoms with Crippen LogP contribution in [0.3, 0.4) is 0 Å². The van der Waals surface area contributed by atoms with E-state index in [4.69, 9.17) is 5.11 Å². The fourth-order valence-corrected chi connectivity index (χ4v) is 1.26. The minimum Gasteiger partial charge on any atom is -0.478 e. The van der Waals surface area contributed by atoms with E-state index in [1.165, 1.54) is 12.1 Å². The summed E-state index contributed by atoms with van der Waals surface area (Å²) in [6.45, 7) is 2.71. The second-order valence-corrected chi connectivity index (χ2v) is 3.39. The molecule has 0 spiro atoms. The SMILES string of the molecule is CC(=O)C(F)(C(=O)O)c1ccc(C)cc1. The average molecular weight is 210 g/mol. The highest BCUT2D eigenvalue weighted by Crippen LogP contribution is 2.27. The number of aryl methyl sites for hydroxylation is 1. The van der Waals surface area contributed by atoms with Crippen LogP contribution < -0.4 is 0 Å². The number of aliphatic carboxylic acids is 1. The molecule has 1 aromatic carbocycles. The Hall–Kier alpha value is -1.71. The molecule has 1 N–H and O–H groups in total. The zero-order chi connectivity index (χ0) is 11.6. The molecule has 0 aliphatic rings. The third-order valence-corrected chi connectivity index (χ3v) is 2.23. The molecular weight excluding hydrogens is 199 g/mol. The van der Waals surface area contributed by atoms with Crippen LogP contribution >= 0.6 is 0 Å². The molecule has 1 rings (SSSR count). The van der Waals surface area contributed by atoms with Gasteiger partial charge in [-0.05, 0) is 13.8 Å². The molecule has 0 saturated carbocycles. The van der Waals surface area contributed by atoms with Gasteiger partial charge >= 0.3 is 5.97 Å². The average Bonchev–Trinajstić information content (AvgIpc) is 2.17. The first-order chi connectivity index (χ1) is 6.89. The molecule has 1 unspecified atom stereocenters. The van der Waals surface area contributed by atoms with E-state index in [1.807, 2.05) is 0 Å². The van der Waals surface area contributed by atoms with E-state index in [0.717, 1.165) is 12.5 Å². The molecule has 0 aliphatic heterocycles. The Morgan fingerprint density at radius 1 is 1.27 bits per heavy atom. The van der Waals surface area contributed by atoms with Crippen molar-refractivity contribution in [3.63, 3.8) is 0 Å². The number of hydrogen-bond acceptors (Lipinski definition) is 2. The summed E-state index contributed by atoms with van der Waals surface area (Å²) in [6.07, 6.45) is 0. The molecule has 1 aromatic rings. The highest BCUT2D eigenvalue weighted by atomic mass is 19.1. The summed E-state index contributed by atoms with van der Waals surface area (Å²) in [6, 6.07) is 5.75. The lowest BCUT2D eigenvalue weighted by Crippen LogP contribution is -2.37. The maximum atomic E-state index is 14.0. The fraction of sp³-hybridized carbons (Fsp3) is 0.273. The minimum atomic E-state index is -2.94. The summed E-state index contributed by atoms with van der Waals surface area (Å²) in [7, 11) is 0. The Kier molecular flexibility index (Phi) is 2.88. The molecule has 0 fully saturated rings. The standard InChI is InChI=1S/C11H11FO3/c1-7-3-5-9(6-4-7)11(12,8(2)13)10(14)15/h3-6H,1-2H3,(H,14,15). The Morgan fingerprint density at radius 3 is 2.07 bits per heavy atom. The van der Waals surface area contributed by atoms with Gasteiger partial charge in [-0.3, -0.25) is 4.79 Å². The van der Waals surface area contributed by atoms with E-state index >= 15 is 0 Å². The van der Waals surface area contributed by atoms with Gasteiger partial charge in [0.1, 0.15) is 0 Å². The monoisotopic (exact) mass is 210 g/mol. The summed E-state index contributed by atoms with van der Waals surface area (Å²) >= 11 is 0. The van der Waals surface area contributed by atoms with Gasteiger partial charge < -0.3 is 5.11 Å². The van der Waals surface area contributed by atoms with Gasteiger partial charge in [-0.15, -0.1) is 0 Å². The third kappa shape index (κ3) is 1.88. The Balaban J connectivity index is 3.28. The lowest BCUT2D eigenvalue weighted by Gasteiger charge is -2.17. The molecule has 0 aliphatic carbocycles. The first-order valence-electron chi connectivity index (χ1n) is 4.39. The summed E-state index contributed by atoms with van der Waals surface area (Å²) in [5, 5.41) is 8.73. The molecule has 15 heavy (non-hydrogen) atoms. The molecule has 0 amide bonds. The van der Waals surface area contributed by atoms with Gasteiger partial charge in [-0.1, -0.05) is 29.8 Å². The number of carbonyl (C=O) groups excluding carboxylic acids is 1. The predicted octanol–water partition coefficient (Wildman–Crippen LogP) is 1.83. The zero-order valence-electron chi connectivity index (χ0n) is 8.45. The second-order valence-electron chi connectivity index (χ2n) is 3.39. The number of alkyl halides is 1. The number of carbonyl (C=O) groups is 2. The number of carboxylic acids is 1. The van der Waals surface area contributed by atoms with Gasteiger partial charge in [-0.25, -0.2) is 9.18 Å². The van der Waals surface area contributed by atoms with Crippen LogP contribution in [0.2, 0.25) is 0 Å². The number of ketones is 1. The molecule has 0 aromatic heterocycles. The normalized spacial score (nSPS) is 14.3. The topological polar surface area (TPSA) is 54.4 Å². The molecule has 3 nitrogen and oxygen atoms in total. The first-order valence-corrected chi connectivity index (χ1v) is 4.39. The van der Waals surface area contributed by atoms with Crippen molar-refractivity contribution in [1.82, 2.24) is 0 Å². The Morgan fingerprint density at radius 2 is 1.73 bits per heavy atom. The van der Waals surface area contributed by atoms with Crippen molar-refractivity contribution in [1.29, 1.82) is 0 Å². The van der Waals surface area contributed by atoms with E-state index in [1.54, 1.807) is 19.1 Å². The van der Waals surface area contributed by atoms with Crippen molar-refractivity contribution in [3.05, 3.63) is 35.4 Å². The molecule has 0 heterocycles. The van der Waals surface area contributed by atoms with Crippen LogP contribution in [0, 0.1) is 6.92 Å². The van der Waals surface area contributed by atoms with Gasteiger partial charge in [0.05, 0.1) is 0 Å². The molecule has 0 saturated heterocycles. The van der Waals surface area contributed by atoms with E-state index in [0.29, 0.717) is 0 Å². The quantitative estimate of drug-likeness (QED) is 0.774. The van der Waals surface area contributed by atoms with Crippen LogP contribution in [0.25, 0.3) is 0 Å². The maximum Gasteiger partial charge on any atom is 0.354 e. The summed E-state index contributed by atoms with van der Waals surface area (Å²) < 4.78 is 14.0. The Labute approximate surface area is 86.5 Å². The largest absolute Gasteiger partial charge is 0.478 e. The first kappa shape index (κ1) is 11.4. The number of hydrogen-bond donors (Lipinski definition) is 1. The highest BCUT2D eigenvalue weighted by molar-refractivity contribution is 6.06. The second kappa shape index (κ2) is 3.81. The van der Waals surface area contributed by atoms with Crippen molar-refractivity contribution in [2.75, 3.05) is 0 Å². The number of carboxylic acid groups (broad SMARTS) is 1. The number of benzene rings is 1. The number of Topliss-reactive ketones (excluding diaryl/α,β-unsaturated/α-hetero) is 1. The van der Waals surface area contributed by atoms with Crippen molar-refractivity contribution in [2.45, 2.75) is 19.5 Å². The van der Waals surface area contributed by atoms with Crippen LogP contribution in [0.15, 0.2) is 24.3 Å². The van der Waals surface area contributed by atoms with Crippen molar-refractivity contribution < 1.29 is 19.1 Å². The summed E-state index contributed by atoms with van der Waals surface area (Å²) in [5.74, 6) is -2.81. The molecule has 0 radical (unpaired) electrons. The van der Waals surface area contributed by atoms with Crippen molar-refractivity contribution in [3.8, 4) is 0 Å². The highest BCUT2D eigenvalue weighted by Gasteiger charge is 2.45. The Bertz CT molecular complexity index is 381. The predicted molar refractivity (Wildman–Crippen MR) is 52.3 cm³/mol. The van der Waals surface area contributed by atoms with E-state index < -0.39 is 17.4 Å². The molecule has 4 heteroatoms. The lowest BCUT2D eigenvalue weighted by atomic mass is 9.91. The minimum absolute atomic E-state index is 0.145. The smallest absolute Gasteiger partial charge is 0.354 e. The van der Waals surface area contributed by atoms with Gasteiger partial charge in [0, 0.05) is 5.56 Å². The third-order valence-electron chi connectivity index (χ3n) is 2.23. The van der Waals surface area contributed by atoms with Gasteiger partial charge in [0.25, 0.3) is 5.67 Å². The molecule has 80 valence electrons. The van der Waals surface area contributed by atoms with E-state index in [9.17, 15) is 14.0 Å². The van der Waals surface area contributed by atoms with E-state index in [2.05, 4.69) is 0 Å². The molecule has 1 atom stereocenters. The lowest BCUT2D eigenvalue weighted by molar-refractivity contribution is -0.157. The molecule has 0 bridgehead atoms. The molecular formula is C11H11FO3. The van der Waals surface area contributed by atoms with Gasteiger partial charge in [0.15, 0.2) is 5.78 Å². The van der Waals surface area contributed by atoms with Gasteiger partial charge in [0.2, 0.25) is 0 Å². The van der Waals surface area contributed by atoms with Crippen LogP contribution in [0.1, 0.15) is 18.1 Å². The summed E-state index contributed by atoms with van der Waals surface area (Å²) in [5.41, 5.74) is -2.21. The maximum absolute atomic E-state index is 14.0. The number of rotatable bonds is 3.